The van der Waals surface area contributed by atoms with Crippen molar-refractivity contribution in [1.82, 2.24) is 4.98 Å². The molecule has 14 heavy (non-hydrogen) atoms. The number of nitrogens with zero attached hydrogens (tertiary/aromatic N) is 1. The SMILES string of the molecule is CC(C)SCC(N)Cc1ccncc1. The highest BCUT2D eigenvalue weighted by atomic mass is 32.2. The van der Waals surface area contributed by atoms with Crippen LogP contribution in [0.25, 0.3) is 0 Å². The zero-order chi connectivity index (χ0) is 10.4. The molecule has 78 valence electrons. The van der Waals surface area contributed by atoms with Crippen molar-refractivity contribution in [3.8, 4) is 0 Å². The summed E-state index contributed by atoms with van der Waals surface area (Å²) in [7, 11) is 0. The topological polar surface area (TPSA) is 38.9 Å². The molecule has 0 aromatic carbocycles. The van der Waals surface area contributed by atoms with Gasteiger partial charge in [-0.15, -0.1) is 0 Å². The number of pyridine rings is 1. The first-order chi connectivity index (χ1) is 6.68. The monoisotopic (exact) mass is 210 g/mol. The second-order valence-corrected chi connectivity index (χ2v) is 5.31. The van der Waals surface area contributed by atoms with Gasteiger partial charge in [-0.25, -0.2) is 0 Å². The van der Waals surface area contributed by atoms with E-state index in [2.05, 4.69) is 18.8 Å². The summed E-state index contributed by atoms with van der Waals surface area (Å²) >= 11 is 1.92. The van der Waals surface area contributed by atoms with Crippen molar-refractivity contribution in [2.45, 2.75) is 31.6 Å². The third kappa shape index (κ3) is 4.63. The molecular formula is C11H18N2S. The van der Waals surface area contributed by atoms with Crippen LogP contribution in [0.3, 0.4) is 0 Å². The molecule has 0 amide bonds. The zero-order valence-corrected chi connectivity index (χ0v) is 9.63. The summed E-state index contributed by atoms with van der Waals surface area (Å²) < 4.78 is 0. The Morgan fingerprint density at radius 3 is 2.57 bits per heavy atom. The number of hydrogen-bond donors (Lipinski definition) is 1. The van der Waals surface area contributed by atoms with Crippen LogP contribution in [0.2, 0.25) is 0 Å². The summed E-state index contributed by atoms with van der Waals surface area (Å²) in [6.07, 6.45) is 4.58. The first-order valence-corrected chi connectivity index (χ1v) is 5.99. The largest absolute Gasteiger partial charge is 0.327 e. The fourth-order valence-corrected chi connectivity index (χ4v) is 1.95. The minimum Gasteiger partial charge on any atom is -0.327 e. The van der Waals surface area contributed by atoms with Crippen LogP contribution in [-0.2, 0) is 6.42 Å². The molecule has 0 radical (unpaired) electrons. The molecule has 0 saturated heterocycles. The first-order valence-electron chi connectivity index (χ1n) is 4.94. The van der Waals surface area contributed by atoms with E-state index in [-0.39, 0.29) is 6.04 Å². The van der Waals surface area contributed by atoms with Crippen molar-refractivity contribution >= 4 is 11.8 Å². The van der Waals surface area contributed by atoms with E-state index in [4.69, 9.17) is 5.73 Å². The third-order valence-corrected chi connectivity index (χ3v) is 3.18. The first kappa shape index (κ1) is 11.5. The van der Waals surface area contributed by atoms with E-state index in [1.54, 1.807) is 0 Å². The molecule has 1 rings (SSSR count). The minimum absolute atomic E-state index is 0.254. The van der Waals surface area contributed by atoms with Crippen molar-refractivity contribution in [1.29, 1.82) is 0 Å². The van der Waals surface area contributed by atoms with E-state index in [9.17, 15) is 0 Å². The maximum absolute atomic E-state index is 6.01. The molecule has 2 N–H and O–H groups in total. The molecule has 0 bridgehead atoms. The highest BCUT2D eigenvalue weighted by Crippen LogP contribution is 2.11. The average molecular weight is 210 g/mol. The lowest BCUT2D eigenvalue weighted by Crippen LogP contribution is -2.26. The molecule has 0 aliphatic carbocycles. The Kier molecular flexibility index (Phi) is 4.98. The normalized spacial score (nSPS) is 13.1. The Balaban J connectivity index is 2.30. The van der Waals surface area contributed by atoms with Crippen LogP contribution in [0.1, 0.15) is 19.4 Å². The third-order valence-electron chi connectivity index (χ3n) is 1.89. The van der Waals surface area contributed by atoms with Crippen LogP contribution in [0.4, 0.5) is 0 Å². The molecule has 0 aliphatic heterocycles. The van der Waals surface area contributed by atoms with Gasteiger partial charge in [0, 0.05) is 24.2 Å². The second kappa shape index (κ2) is 6.04. The zero-order valence-electron chi connectivity index (χ0n) is 8.81. The Labute approximate surface area is 90.3 Å². The van der Waals surface area contributed by atoms with Crippen LogP contribution < -0.4 is 5.73 Å². The van der Waals surface area contributed by atoms with E-state index in [0.717, 1.165) is 12.2 Å². The van der Waals surface area contributed by atoms with Gasteiger partial charge < -0.3 is 5.73 Å². The van der Waals surface area contributed by atoms with Crippen molar-refractivity contribution in [3.63, 3.8) is 0 Å². The molecule has 0 spiro atoms. The Morgan fingerprint density at radius 1 is 1.36 bits per heavy atom. The maximum atomic E-state index is 6.01. The van der Waals surface area contributed by atoms with Crippen LogP contribution >= 0.6 is 11.8 Å². The fourth-order valence-electron chi connectivity index (χ4n) is 1.20. The van der Waals surface area contributed by atoms with Gasteiger partial charge in [0.1, 0.15) is 0 Å². The van der Waals surface area contributed by atoms with Crippen molar-refractivity contribution < 1.29 is 0 Å². The summed E-state index contributed by atoms with van der Waals surface area (Å²) in [5.74, 6) is 1.03. The molecule has 0 fully saturated rings. The van der Waals surface area contributed by atoms with E-state index < -0.39 is 0 Å². The lowest BCUT2D eigenvalue weighted by Gasteiger charge is -2.12. The van der Waals surface area contributed by atoms with Crippen LogP contribution in [-0.4, -0.2) is 22.0 Å². The number of rotatable bonds is 5. The predicted molar refractivity (Wildman–Crippen MR) is 63.5 cm³/mol. The van der Waals surface area contributed by atoms with Crippen molar-refractivity contribution in [2.24, 2.45) is 5.73 Å². The highest BCUT2D eigenvalue weighted by Gasteiger charge is 2.05. The van der Waals surface area contributed by atoms with Gasteiger partial charge in [-0.3, -0.25) is 4.98 Å². The summed E-state index contributed by atoms with van der Waals surface area (Å²) in [5, 5.41) is 0.665. The van der Waals surface area contributed by atoms with Gasteiger partial charge in [-0.1, -0.05) is 13.8 Å². The lowest BCUT2D eigenvalue weighted by molar-refractivity contribution is 0.746. The standard InChI is InChI=1S/C11H18N2S/c1-9(2)14-8-11(12)7-10-3-5-13-6-4-10/h3-6,9,11H,7-8,12H2,1-2H3. The molecule has 2 nitrogen and oxygen atoms in total. The minimum atomic E-state index is 0.254. The summed E-state index contributed by atoms with van der Waals surface area (Å²) in [4.78, 5) is 3.98. The van der Waals surface area contributed by atoms with E-state index >= 15 is 0 Å². The molecule has 1 aromatic rings. The molecule has 1 atom stereocenters. The average Bonchev–Trinajstić information content (AvgIpc) is 2.16. The van der Waals surface area contributed by atoms with Crippen molar-refractivity contribution in [3.05, 3.63) is 30.1 Å². The number of hydrogen-bond acceptors (Lipinski definition) is 3. The van der Waals surface area contributed by atoms with E-state index in [1.165, 1.54) is 5.56 Å². The second-order valence-electron chi connectivity index (χ2n) is 3.70. The lowest BCUT2D eigenvalue weighted by atomic mass is 10.1. The summed E-state index contributed by atoms with van der Waals surface area (Å²) in [5.41, 5.74) is 7.29. The highest BCUT2D eigenvalue weighted by molar-refractivity contribution is 7.99. The van der Waals surface area contributed by atoms with E-state index in [1.807, 2.05) is 36.3 Å². The number of aromatic nitrogens is 1. The molecule has 1 unspecified atom stereocenters. The van der Waals surface area contributed by atoms with Gasteiger partial charge in [0.2, 0.25) is 0 Å². The van der Waals surface area contributed by atoms with Crippen LogP contribution in [0.5, 0.6) is 0 Å². The molecule has 1 aromatic heterocycles. The Hall–Kier alpha value is -0.540. The van der Waals surface area contributed by atoms with Gasteiger partial charge in [-0.2, -0.15) is 11.8 Å². The van der Waals surface area contributed by atoms with E-state index in [0.29, 0.717) is 5.25 Å². The van der Waals surface area contributed by atoms with Gasteiger partial charge in [0.15, 0.2) is 0 Å². The van der Waals surface area contributed by atoms with Crippen LogP contribution in [0.15, 0.2) is 24.5 Å². The molecule has 0 aliphatic rings. The van der Waals surface area contributed by atoms with Gasteiger partial charge >= 0.3 is 0 Å². The quantitative estimate of drug-likeness (QED) is 0.809. The van der Waals surface area contributed by atoms with Crippen molar-refractivity contribution in [2.75, 3.05) is 5.75 Å². The number of nitrogens with two attached hydrogens (primary N) is 1. The van der Waals surface area contributed by atoms with Gasteiger partial charge in [-0.05, 0) is 29.4 Å². The molecule has 3 heteroatoms. The van der Waals surface area contributed by atoms with Gasteiger partial charge in [0.25, 0.3) is 0 Å². The molecule has 1 heterocycles. The Bertz CT molecular complexity index is 249. The predicted octanol–water partition coefficient (Wildman–Crippen LogP) is 2.09. The summed E-state index contributed by atoms with van der Waals surface area (Å²) in [6, 6.07) is 4.31. The Morgan fingerprint density at radius 2 is 2.00 bits per heavy atom. The fraction of sp³-hybridized carbons (Fsp3) is 0.545. The maximum Gasteiger partial charge on any atom is 0.0270 e. The van der Waals surface area contributed by atoms with Gasteiger partial charge in [0.05, 0.1) is 0 Å². The van der Waals surface area contributed by atoms with Crippen LogP contribution in [0, 0.1) is 0 Å². The number of thioether (sulfide) groups is 1. The summed E-state index contributed by atoms with van der Waals surface area (Å²) in [6.45, 7) is 4.40. The molecule has 0 saturated carbocycles. The smallest absolute Gasteiger partial charge is 0.0270 e. The molecular weight excluding hydrogens is 192 g/mol.